The molecule has 208 valence electrons. The van der Waals surface area contributed by atoms with Crippen molar-refractivity contribution in [2.45, 2.75) is 20.0 Å². The van der Waals surface area contributed by atoms with Gasteiger partial charge in [0.2, 0.25) is 5.91 Å². The number of imide groups is 1. The Kier molecular flexibility index (Phi) is 8.35. The highest BCUT2D eigenvalue weighted by Gasteiger charge is 2.35. The number of halogens is 1. The standard InChI is InChI=1S/C32H28BrN3O5/c1-3-20-9-5-7-14-26(20)34-30(37)18-36-31(38)27(35-32(36)39)15-23-16-28(40-2)29(17-25(23)33)41-19-22-12-8-11-21-10-4-6-13-24(21)22/h4-17H,3,18-19H2,1-2H3,(H,34,37)(H,35,39)/b27-15+. The number of carbonyl (C=O) groups is 3. The molecule has 0 unspecified atom stereocenters. The average Bonchev–Trinajstić information content (AvgIpc) is 3.24. The molecule has 5 rings (SSSR count). The van der Waals surface area contributed by atoms with E-state index in [0.717, 1.165) is 33.2 Å². The molecule has 1 fully saturated rings. The average molecular weight is 614 g/mol. The summed E-state index contributed by atoms with van der Waals surface area (Å²) in [4.78, 5) is 39.2. The number of hydrogen-bond donors (Lipinski definition) is 2. The molecule has 4 amide bonds. The molecule has 0 aromatic heterocycles. The Morgan fingerprint density at radius 1 is 0.976 bits per heavy atom. The number of anilines is 1. The van der Waals surface area contributed by atoms with Crippen LogP contribution in [0.4, 0.5) is 10.5 Å². The van der Waals surface area contributed by atoms with Gasteiger partial charge in [-0.25, -0.2) is 9.69 Å². The van der Waals surface area contributed by atoms with Gasteiger partial charge in [-0.2, -0.15) is 0 Å². The highest BCUT2D eigenvalue weighted by Crippen LogP contribution is 2.36. The molecule has 1 aliphatic rings. The van der Waals surface area contributed by atoms with Crippen molar-refractivity contribution >= 4 is 56.3 Å². The van der Waals surface area contributed by atoms with Crippen LogP contribution in [0.5, 0.6) is 11.5 Å². The second kappa shape index (κ2) is 12.3. The minimum atomic E-state index is -0.668. The van der Waals surface area contributed by atoms with E-state index in [9.17, 15) is 14.4 Å². The summed E-state index contributed by atoms with van der Waals surface area (Å²) in [5.74, 6) is -0.0907. The van der Waals surface area contributed by atoms with Gasteiger partial charge in [-0.15, -0.1) is 0 Å². The number of hydrogen-bond acceptors (Lipinski definition) is 5. The van der Waals surface area contributed by atoms with Gasteiger partial charge in [-0.3, -0.25) is 9.59 Å². The number of nitrogens with zero attached hydrogens (tertiary/aromatic N) is 1. The summed E-state index contributed by atoms with van der Waals surface area (Å²) in [5.41, 5.74) is 3.28. The first-order chi connectivity index (χ1) is 19.9. The monoisotopic (exact) mass is 613 g/mol. The van der Waals surface area contributed by atoms with E-state index >= 15 is 0 Å². The number of benzene rings is 4. The maximum Gasteiger partial charge on any atom is 0.329 e. The van der Waals surface area contributed by atoms with Crippen molar-refractivity contribution < 1.29 is 23.9 Å². The SMILES string of the molecule is CCc1ccccc1NC(=O)CN1C(=O)N/C(=C/c2cc(OC)c(OCc3cccc4ccccc34)cc2Br)C1=O. The van der Waals surface area contributed by atoms with Crippen LogP contribution < -0.4 is 20.1 Å². The van der Waals surface area contributed by atoms with E-state index < -0.39 is 24.4 Å². The minimum absolute atomic E-state index is 0.0453. The normalized spacial score (nSPS) is 13.9. The Labute approximate surface area is 246 Å². The van der Waals surface area contributed by atoms with E-state index in [1.54, 1.807) is 18.2 Å². The first kappa shape index (κ1) is 27.9. The molecule has 0 aliphatic carbocycles. The largest absolute Gasteiger partial charge is 0.493 e. The summed E-state index contributed by atoms with van der Waals surface area (Å²) < 4.78 is 12.3. The summed E-state index contributed by atoms with van der Waals surface area (Å²) in [5, 5.41) is 7.59. The zero-order valence-corrected chi connectivity index (χ0v) is 24.2. The fourth-order valence-electron chi connectivity index (χ4n) is 4.66. The van der Waals surface area contributed by atoms with Gasteiger partial charge >= 0.3 is 6.03 Å². The number of ether oxygens (including phenoxy) is 2. The van der Waals surface area contributed by atoms with Crippen molar-refractivity contribution in [2.24, 2.45) is 0 Å². The highest BCUT2D eigenvalue weighted by molar-refractivity contribution is 9.10. The number of urea groups is 1. The van der Waals surface area contributed by atoms with Gasteiger partial charge in [0.25, 0.3) is 5.91 Å². The first-order valence-corrected chi connectivity index (χ1v) is 13.9. The number of rotatable bonds is 9. The van der Waals surface area contributed by atoms with Crippen molar-refractivity contribution in [1.82, 2.24) is 10.2 Å². The van der Waals surface area contributed by atoms with Gasteiger partial charge in [0, 0.05) is 10.2 Å². The summed E-state index contributed by atoms with van der Waals surface area (Å²) >= 11 is 3.54. The second-order valence-electron chi connectivity index (χ2n) is 9.39. The number of carbonyl (C=O) groups excluding carboxylic acids is 3. The van der Waals surface area contributed by atoms with Crippen molar-refractivity contribution in [2.75, 3.05) is 19.0 Å². The molecule has 0 spiro atoms. The topological polar surface area (TPSA) is 97.0 Å². The van der Waals surface area contributed by atoms with Gasteiger partial charge in [0.05, 0.1) is 7.11 Å². The van der Waals surface area contributed by atoms with Crippen molar-refractivity contribution in [3.05, 3.63) is 106 Å². The predicted octanol–water partition coefficient (Wildman–Crippen LogP) is 6.28. The van der Waals surface area contributed by atoms with E-state index in [1.165, 1.54) is 13.2 Å². The third-order valence-corrected chi connectivity index (χ3v) is 7.47. The first-order valence-electron chi connectivity index (χ1n) is 13.1. The lowest BCUT2D eigenvalue weighted by atomic mass is 10.1. The Morgan fingerprint density at radius 3 is 2.51 bits per heavy atom. The van der Waals surface area contributed by atoms with Crippen molar-refractivity contribution in [1.29, 1.82) is 0 Å². The van der Waals surface area contributed by atoms with Gasteiger partial charge < -0.3 is 20.1 Å². The predicted molar refractivity (Wildman–Crippen MR) is 162 cm³/mol. The smallest absolute Gasteiger partial charge is 0.329 e. The van der Waals surface area contributed by atoms with E-state index in [2.05, 4.69) is 44.8 Å². The quantitative estimate of drug-likeness (QED) is 0.171. The molecule has 0 saturated carbocycles. The van der Waals surface area contributed by atoms with Crippen molar-refractivity contribution in [3.63, 3.8) is 0 Å². The van der Waals surface area contributed by atoms with Crippen LogP contribution in [0, 0.1) is 0 Å². The summed E-state index contributed by atoms with van der Waals surface area (Å²) in [6, 6.07) is 24.4. The van der Waals surface area contributed by atoms with Crippen molar-refractivity contribution in [3.8, 4) is 11.5 Å². The molecule has 9 heteroatoms. The number of fused-ring (bicyclic) bond motifs is 1. The molecule has 2 N–H and O–H groups in total. The number of amides is 4. The van der Waals surface area contributed by atoms with E-state index in [4.69, 9.17) is 9.47 Å². The molecule has 41 heavy (non-hydrogen) atoms. The van der Waals surface area contributed by atoms with E-state index in [-0.39, 0.29) is 5.70 Å². The maximum absolute atomic E-state index is 13.1. The van der Waals surface area contributed by atoms with Gasteiger partial charge in [0.15, 0.2) is 11.5 Å². The molecule has 1 saturated heterocycles. The summed E-state index contributed by atoms with van der Waals surface area (Å²) in [7, 11) is 1.53. The lowest BCUT2D eigenvalue weighted by Crippen LogP contribution is -2.38. The Bertz CT molecular complexity index is 1680. The van der Waals surface area contributed by atoms with Crippen LogP contribution in [0.3, 0.4) is 0 Å². The molecule has 4 aromatic rings. The summed E-state index contributed by atoms with van der Waals surface area (Å²) in [6.07, 6.45) is 2.27. The Balaban J connectivity index is 1.31. The lowest BCUT2D eigenvalue weighted by molar-refractivity contribution is -0.127. The van der Waals surface area contributed by atoms with Gasteiger partial charge in [0.1, 0.15) is 18.8 Å². The molecular weight excluding hydrogens is 586 g/mol. The minimum Gasteiger partial charge on any atom is -0.493 e. The van der Waals surface area contributed by atoms with Crippen LogP contribution >= 0.6 is 15.9 Å². The van der Waals surface area contributed by atoms with Gasteiger partial charge in [-0.05, 0) is 58.2 Å². The molecule has 1 aliphatic heterocycles. The van der Waals surface area contributed by atoms with Crippen LogP contribution in [0.2, 0.25) is 0 Å². The lowest BCUT2D eigenvalue weighted by Gasteiger charge is -2.14. The number of para-hydroxylation sites is 1. The molecular formula is C32H28BrN3O5. The molecule has 0 radical (unpaired) electrons. The van der Waals surface area contributed by atoms with E-state index in [0.29, 0.717) is 33.8 Å². The van der Waals surface area contributed by atoms with Crippen LogP contribution in [-0.2, 0) is 22.6 Å². The van der Waals surface area contributed by atoms with E-state index in [1.807, 2.05) is 49.4 Å². The van der Waals surface area contributed by atoms with Crippen LogP contribution in [-0.4, -0.2) is 36.4 Å². The molecule has 0 bridgehead atoms. The molecule has 4 aromatic carbocycles. The Hall–Kier alpha value is -4.63. The summed E-state index contributed by atoms with van der Waals surface area (Å²) in [6.45, 7) is 1.90. The van der Waals surface area contributed by atoms with Gasteiger partial charge in [-0.1, -0.05) is 83.5 Å². The molecule has 8 nitrogen and oxygen atoms in total. The Morgan fingerprint density at radius 2 is 1.71 bits per heavy atom. The maximum atomic E-state index is 13.1. The fraction of sp³-hybridized carbons (Fsp3) is 0.156. The van der Waals surface area contributed by atoms with Crippen LogP contribution in [0.25, 0.3) is 16.8 Å². The number of nitrogens with one attached hydrogen (secondary N) is 2. The second-order valence-corrected chi connectivity index (χ2v) is 10.2. The zero-order valence-electron chi connectivity index (χ0n) is 22.6. The van der Waals surface area contributed by atoms with Crippen LogP contribution in [0.1, 0.15) is 23.6 Å². The number of methoxy groups -OCH3 is 1. The zero-order chi connectivity index (χ0) is 28.9. The third kappa shape index (κ3) is 6.10. The fourth-order valence-corrected chi connectivity index (χ4v) is 5.10. The molecule has 1 heterocycles. The van der Waals surface area contributed by atoms with Crippen LogP contribution in [0.15, 0.2) is 89.0 Å². The third-order valence-electron chi connectivity index (χ3n) is 6.78. The number of aryl methyl sites for hydroxylation is 1. The highest BCUT2D eigenvalue weighted by atomic mass is 79.9. The molecule has 0 atom stereocenters.